The molecule has 144 valence electrons. The first-order chi connectivity index (χ1) is 12.1. The zero-order valence-corrected chi connectivity index (χ0v) is 16.4. The molecule has 0 heterocycles. The molecule has 1 saturated carbocycles. The maximum atomic E-state index is 12.9. The fourth-order valence-corrected chi connectivity index (χ4v) is 3.97. The Balaban J connectivity index is 2.30. The Bertz CT molecular complexity index is 787. The van der Waals surface area contributed by atoms with E-state index in [0.717, 1.165) is 12.8 Å². The molecule has 0 radical (unpaired) electrons. The minimum absolute atomic E-state index is 0.0305. The average molecular weight is 382 g/mol. The number of rotatable bonds is 8. The van der Waals surface area contributed by atoms with E-state index in [2.05, 4.69) is 0 Å². The van der Waals surface area contributed by atoms with E-state index in [4.69, 9.17) is 5.11 Å². The molecule has 7 nitrogen and oxygen atoms in total. The van der Waals surface area contributed by atoms with Crippen molar-refractivity contribution in [3.63, 3.8) is 0 Å². The molecule has 1 fully saturated rings. The Kier molecular flexibility index (Phi) is 6.08. The first kappa shape index (κ1) is 20.4. The molecule has 1 atom stereocenters. The average Bonchev–Trinajstić information content (AvgIpc) is 3.42. The van der Waals surface area contributed by atoms with E-state index in [-0.39, 0.29) is 35.0 Å². The van der Waals surface area contributed by atoms with Gasteiger partial charge in [-0.2, -0.15) is 4.31 Å². The summed E-state index contributed by atoms with van der Waals surface area (Å²) in [5.74, 6) is -1.97. The molecule has 8 heteroatoms. The Hall–Kier alpha value is -1.93. The predicted molar refractivity (Wildman–Crippen MR) is 97.4 cm³/mol. The lowest BCUT2D eigenvalue weighted by molar-refractivity contribution is -0.141. The van der Waals surface area contributed by atoms with Crippen LogP contribution in [0.2, 0.25) is 0 Å². The van der Waals surface area contributed by atoms with Crippen LogP contribution < -0.4 is 0 Å². The van der Waals surface area contributed by atoms with Crippen LogP contribution in [0.1, 0.15) is 44.0 Å². The van der Waals surface area contributed by atoms with E-state index in [0.29, 0.717) is 0 Å². The summed E-state index contributed by atoms with van der Waals surface area (Å²) >= 11 is 0. The fraction of sp³-hybridized carbons (Fsp3) is 0.556. The Morgan fingerprint density at radius 2 is 1.85 bits per heavy atom. The van der Waals surface area contributed by atoms with Gasteiger partial charge >= 0.3 is 5.97 Å². The Morgan fingerprint density at radius 3 is 2.35 bits per heavy atom. The molecule has 1 amide bonds. The van der Waals surface area contributed by atoms with Gasteiger partial charge in [0, 0.05) is 31.2 Å². The lowest BCUT2D eigenvalue weighted by Crippen LogP contribution is -2.38. The number of carboxylic acid groups (broad SMARTS) is 1. The molecule has 1 aliphatic rings. The van der Waals surface area contributed by atoms with Crippen LogP contribution in [0.3, 0.4) is 0 Å². The second-order valence-corrected chi connectivity index (χ2v) is 9.07. The Morgan fingerprint density at radius 1 is 1.23 bits per heavy atom. The van der Waals surface area contributed by atoms with Crippen molar-refractivity contribution < 1.29 is 23.1 Å². The van der Waals surface area contributed by atoms with E-state index < -0.39 is 21.9 Å². The number of carbonyl (C=O) groups is 2. The predicted octanol–water partition coefficient (Wildman–Crippen LogP) is 2.04. The third-order valence-electron chi connectivity index (χ3n) is 4.63. The van der Waals surface area contributed by atoms with Crippen LogP contribution in [0, 0.1) is 5.92 Å². The number of benzene rings is 1. The van der Waals surface area contributed by atoms with Crippen molar-refractivity contribution in [2.24, 2.45) is 5.92 Å². The van der Waals surface area contributed by atoms with Crippen LogP contribution in [0.5, 0.6) is 0 Å². The SMILES string of the molecule is CC(CN(C(=O)c1cccc(S(=O)(=O)N(C)C(C)C)c1)C1CC1)C(=O)O. The van der Waals surface area contributed by atoms with Gasteiger partial charge in [0.25, 0.3) is 5.91 Å². The summed E-state index contributed by atoms with van der Waals surface area (Å²) in [6.45, 7) is 5.22. The zero-order chi connectivity index (χ0) is 19.6. The number of hydrogen-bond acceptors (Lipinski definition) is 4. The van der Waals surface area contributed by atoms with Crippen LogP contribution in [0.4, 0.5) is 0 Å². The third kappa shape index (κ3) is 4.42. The molecule has 1 unspecified atom stereocenters. The Labute approximate surface area is 154 Å². The van der Waals surface area contributed by atoms with Crippen LogP contribution in [-0.2, 0) is 14.8 Å². The summed E-state index contributed by atoms with van der Waals surface area (Å²) in [6, 6.07) is 5.77. The van der Waals surface area contributed by atoms with Gasteiger partial charge in [0.2, 0.25) is 10.0 Å². The summed E-state index contributed by atoms with van der Waals surface area (Å²) < 4.78 is 26.6. The highest BCUT2D eigenvalue weighted by Crippen LogP contribution is 2.29. The highest BCUT2D eigenvalue weighted by atomic mass is 32.2. The summed E-state index contributed by atoms with van der Waals surface area (Å²) in [5, 5.41) is 9.13. The van der Waals surface area contributed by atoms with Crippen molar-refractivity contribution in [2.45, 2.75) is 50.6 Å². The molecule has 0 spiro atoms. The second kappa shape index (κ2) is 7.75. The lowest BCUT2D eigenvalue weighted by Gasteiger charge is -2.25. The standard InChI is InChI=1S/C18H26N2O5S/c1-12(2)19(4)26(24,25)16-7-5-6-14(10-16)17(21)20(15-8-9-15)11-13(3)18(22)23/h5-7,10,12-13,15H,8-9,11H2,1-4H3,(H,22,23). The molecule has 26 heavy (non-hydrogen) atoms. The molecule has 0 bridgehead atoms. The normalized spacial score (nSPS) is 15.9. The molecule has 1 aromatic carbocycles. The van der Waals surface area contributed by atoms with Gasteiger partial charge < -0.3 is 10.0 Å². The number of aliphatic carboxylic acids is 1. The van der Waals surface area contributed by atoms with Crippen molar-refractivity contribution in [3.05, 3.63) is 29.8 Å². The third-order valence-corrected chi connectivity index (χ3v) is 6.66. The molecular formula is C18H26N2O5S. The van der Waals surface area contributed by atoms with Crippen molar-refractivity contribution >= 4 is 21.9 Å². The van der Waals surface area contributed by atoms with Gasteiger partial charge in [-0.05, 0) is 44.9 Å². The first-order valence-electron chi connectivity index (χ1n) is 8.67. The fourth-order valence-electron chi connectivity index (χ4n) is 2.56. The maximum Gasteiger partial charge on any atom is 0.308 e. The highest BCUT2D eigenvalue weighted by Gasteiger charge is 2.35. The van der Waals surface area contributed by atoms with Gasteiger partial charge in [0.05, 0.1) is 10.8 Å². The van der Waals surface area contributed by atoms with Gasteiger partial charge in [0.15, 0.2) is 0 Å². The number of carboxylic acids is 1. The topological polar surface area (TPSA) is 95.0 Å². The van der Waals surface area contributed by atoms with Gasteiger partial charge in [0.1, 0.15) is 0 Å². The highest BCUT2D eigenvalue weighted by molar-refractivity contribution is 7.89. The number of amides is 1. The molecule has 1 N–H and O–H groups in total. The molecular weight excluding hydrogens is 356 g/mol. The number of nitrogens with zero attached hydrogens (tertiary/aromatic N) is 2. The number of hydrogen-bond donors (Lipinski definition) is 1. The second-order valence-electron chi connectivity index (χ2n) is 7.07. The van der Waals surface area contributed by atoms with Crippen LogP contribution >= 0.6 is 0 Å². The lowest BCUT2D eigenvalue weighted by atomic mass is 10.1. The summed E-state index contributed by atoms with van der Waals surface area (Å²) in [7, 11) is -2.19. The quantitative estimate of drug-likeness (QED) is 0.742. The minimum Gasteiger partial charge on any atom is -0.481 e. The summed E-state index contributed by atoms with van der Waals surface area (Å²) in [4.78, 5) is 25.6. The number of carbonyl (C=O) groups excluding carboxylic acids is 1. The molecule has 1 aliphatic carbocycles. The van der Waals surface area contributed by atoms with Gasteiger partial charge in [-0.1, -0.05) is 13.0 Å². The minimum atomic E-state index is -3.69. The van der Waals surface area contributed by atoms with E-state index >= 15 is 0 Å². The van der Waals surface area contributed by atoms with E-state index in [9.17, 15) is 18.0 Å². The molecule has 1 aromatic rings. The van der Waals surface area contributed by atoms with Crippen molar-refractivity contribution in [1.82, 2.24) is 9.21 Å². The van der Waals surface area contributed by atoms with Crippen molar-refractivity contribution in [1.29, 1.82) is 0 Å². The number of sulfonamides is 1. The van der Waals surface area contributed by atoms with E-state index in [1.807, 2.05) is 0 Å². The monoisotopic (exact) mass is 382 g/mol. The van der Waals surface area contributed by atoms with Gasteiger partial charge in [-0.15, -0.1) is 0 Å². The molecule has 0 aromatic heterocycles. The van der Waals surface area contributed by atoms with E-state index in [1.54, 1.807) is 37.8 Å². The molecule has 0 saturated heterocycles. The van der Waals surface area contributed by atoms with Crippen LogP contribution in [0.25, 0.3) is 0 Å². The van der Waals surface area contributed by atoms with Crippen molar-refractivity contribution in [2.75, 3.05) is 13.6 Å². The van der Waals surface area contributed by atoms with Gasteiger partial charge in [-0.3, -0.25) is 9.59 Å². The van der Waals surface area contributed by atoms with Gasteiger partial charge in [-0.25, -0.2) is 8.42 Å². The molecule has 0 aliphatic heterocycles. The first-order valence-corrected chi connectivity index (χ1v) is 10.1. The summed E-state index contributed by atoms with van der Waals surface area (Å²) in [6.07, 6.45) is 1.68. The van der Waals surface area contributed by atoms with E-state index in [1.165, 1.54) is 23.5 Å². The largest absolute Gasteiger partial charge is 0.481 e. The van der Waals surface area contributed by atoms with Crippen LogP contribution in [0.15, 0.2) is 29.2 Å². The van der Waals surface area contributed by atoms with Crippen molar-refractivity contribution in [3.8, 4) is 0 Å². The zero-order valence-electron chi connectivity index (χ0n) is 15.5. The summed E-state index contributed by atoms with van der Waals surface area (Å²) in [5.41, 5.74) is 0.257. The smallest absolute Gasteiger partial charge is 0.308 e. The molecule has 2 rings (SSSR count). The maximum absolute atomic E-state index is 12.9. The van der Waals surface area contributed by atoms with Crippen LogP contribution in [-0.4, -0.2) is 60.3 Å².